The molecular formula is C27H36FNO5. The molecular weight excluding hydrogens is 437 g/mol. The van der Waals surface area contributed by atoms with Crippen molar-refractivity contribution in [1.82, 2.24) is 4.90 Å². The van der Waals surface area contributed by atoms with Crippen LogP contribution in [0.15, 0.2) is 24.3 Å². The van der Waals surface area contributed by atoms with Crippen LogP contribution in [0.3, 0.4) is 0 Å². The van der Waals surface area contributed by atoms with Crippen molar-refractivity contribution in [1.29, 1.82) is 0 Å². The Hall–Kier alpha value is -2.41. The van der Waals surface area contributed by atoms with Crippen LogP contribution in [0.1, 0.15) is 80.6 Å². The Morgan fingerprint density at radius 2 is 2.06 bits per heavy atom. The Labute approximate surface area is 201 Å². The van der Waals surface area contributed by atoms with Crippen molar-refractivity contribution >= 4 is 11.9 Å². The van der Waals surface area contributed by atoms with E-state index in [1.807, 2.05) is 0 Å². The number of allylic oxidation sites excluding steroid dienone is 1. The number of carbonyl (C=O) groups is 2. The molecule has 0 bridgehead atoms. The average Bonchev–Trinajstić information content (AvgIpc) is 3.53. The van der Waals surface area contributed by atoms with Crippen molar-refractivity contribution in [3.8, 4) is 5.75 Å². The van der Waals surface area contributed by atoms with Gasteiger partial charge in [-0.3, -0.25) is 4.79 Å². The second-order valence-electron chi connectivity index (χ2n) is 10.6. The quantitative estimate of drug-likeness (QED) is 0.527. The number of carboxylic acids is 1. The minimum Gasteiger partial charge on any atom is -0.493 e. The maximum absolute atomic E-state index is 15.3. The van der Waals surface area contributed by atoms with Crippen LogP contribution >= 0.6 is 0 Å². The first-order valence-corrected chi connectivity index (χ1v) is 12.4. The number of hydrogen-bond acceptors (Lipinski definition) is 4. The van der Waals surface area contributed by atoms with Gasteiger partial charge >= 0.3 is 5.97 Å². The van der Waals surface area contributed by atoms with Crippen LogP contribution < -0.4 is 4.74 Å². The van der Waals surface area contributed by atoms with E-state index in [1.54, 1.807) is 6.07 Å². The lowest BCUT2D eigenvalue weighted by Gasteiger charge is -2.40. The summed E-state index contributed by atoms with van der Waals surface area (Å²) >= 11 is 0. The number of ether oxygens (including phenoxy) is 2. The van der Waals surface area contributed by atoms with Crippen LogP contribution in [0, 0.1) is 17.2 Å². The number of carbonyl (C=O) groups excluding carboxylic acids is 1. The molecule has 1 amide bonds. The van der Waals surface area contributed by atoms with E-state index in [2.05, 4.69) is 20.4 Å². The third-order valence-corrected chi connectivity index (χ3v) is 7.82. The van der Waals surface area contributed by atoms with E-state index < -0.39 is 23.7 Å². The van der Waals surface area contributed by atoms with E-state index >= 15 is 4.39 Å². The summed E-state index contributed by atoms with van der Waals surface area (Å²) in [6.45, 7) is 9.25. The normalized spacial score (nSPS) is 29.4. The molecule has 1 aromatic carbocycles. The van der Waals surface area contributed by atoms with Gasteiger partial charge in [0, 0.05) is 31.6 Å². The van der Waals surface area contributed by atoms with E-state index in [9.17, 15) is 14.7 Å². The fraction of sp³-hybridized carbons (Fsp3) is 0.630. The van der Waals surface area contributed by atoms with E-state index in [0.717, 1.165) is 44.1 Å². The Kier molecular flexibility index (Phi) is 7.04. The van der Waals surface area contributed by atoms with Crippen LogP contribution in [0.4, 0.5) is 4.39 Å². The Bertz CT molecular complexity index is 974. The van der Waals surface area contributed by atoms with Crippen molar-refractivity contribution in [2.24, 2.45) is 11.3 Å². The van der Waals surface area contributed by atoms with Crippen LogP contribution in [0.5, 0.6) is 5.75 Å². The number of nitrogens with zero attached hydrogens (tertiary/aromatic N) is 1. The van der Waals surface area contributed by atoms with Crippen molar-refractivity contribution in [2.45, 2.75) is 76.9 Å². The van der Waals surface area contributed by atoms with Crippen LogP contribution in [-0.4, -0.2) is 54.3 Å². The highest BCUT2D eigenvalue weighted by Gasteiger charge is 2.42. The largest absolute Gasteiger partial charge is 0.493 e. The molecule has 3 fully saturated rings. The standard InChI is InChI=1S/C27H36FNO5/c1-5-27(12-16(2)8-17(3)13-27)15-34-24-11-22(28)21(10-20(24)18-6-7-18)25(30)29-14-19(33-4)9-23(29)26(31)32/h10-11,17-19,23H,2,5-9,12-15H2,1,3-4H3,(H,31,32)/t17?,19-,23+,27?/m1/s1. The van der Waals surface area contributed by atoms with Crippen LogP contribution in [0.25, 0.3) is 0 Å². The molecule has 7 heteroatoms. The Balaban J connectivity index is 1.58. The molecule has 0 spiro atoms. The maximum atomic E-state index is 15.3. The number of methoxy groups -OCH3 is 1. The molecule has 34 heavy (non-hydrogen) atoms. The topological polar surface area (TPSA) is 76.1 Å². The lowest BCUT2D eigenvalue weighted by atomic mass is 9.67. The molecule has 2 aliphatic carbocycles. The highest BCUT2D eigenvalue weighted by atomic mass is 19.1. The number of amides is 1. The van der Waals surface area contributed by atoms with Gasteiger partial charge in [0.15, 0.2) is 0 Å². The number of halogens is 1. The molecule has 0 aromatic heterocycles. The van der Waals surface area contributed by atoms with Gasteiger partial charge in [-0.15, -0.1) is 0 Å². The first-order valence-electron chi connectivity index (χ1n) is 12.4. The molecule has 4 atom stereocenters. The minimum absolute atomic E-state index is 0.0139. The Morgan fingerprint density at radius 3 is 2.65 bits per heavy atom. The predicted octanol–water partition coefficient (Wildman–Crippen LogP) is 5.17. The first-order chi connectivity index (χ1) is 16.2. The lowest BCUT2D eigenvalue weighted by molar-refractivity contribution is -0.141. The van der Waals surface area contributed by atoms with Crippen molar-refractivity contribution in [3.05, 3.63) is 41.2 Å². The molecule has 2 unspecified atom stereocenters. The van der Waals surface area contributed by atoms with Gasteiger partial charge < -0.3 is 19.5 Å². The SMILES string of the molecule is C=C1CC(C)CC(CC)(COc2cc(F)c(C(=O)N3C[C@H](OC)C[C@H]3C(=O)O)cc2C2CC2)C1. The molecule has 4 rings (SSSR count). The van der Waals surface area contributed by atoms with Crippen molar-refractivity contribution in [3.63, 3.8) is 0 Å². The number of hydrogen-bond donors (Lipinski definition) is 1. The molecule has 1 saturated heterocycles. The number of likely N-dealkylation sites (tertiary alicyclic amines) is 1. The summed E-state index contributed by atoms with van der Waals surface area (Å²) in [5, 5.41) is 9.57. The zero-order chi connectivity index (χ0) is 24.6. The summed E-state index contributed by atoms with van der Waals surface area (Å²) in [4.78, 5) is 26.2. The summed E-state index contributed by atoms with van der Waals surface area (Å²) in [6, 6.07) is 1.89. The van der Waals surface area contributed by atoms with E-state index in [-0.39, 0.29) is 36.0 Å². The van der Waals surface area contributed by atoms with E-state index in [4.69, 9.17) is 9.47 Å². The number of carboxylic acid groups (broad SMARTS) is 1. The monoisotopic (exact) mass is 473 g/mol. The first kappa shape index (κ1) is 24.7. The van der Waals surface area contributed by atoms with Crippen molar-refractivity contribution in [2.75, 3.05) is 20.3 Å². The Morgan fingerprint density at radius 1 is 1.32 bits per heavy atom. The highest BCUT2D eigenvalue weighted by Crippen LogP contribution is 2.48. The van der Waals surface area contributed by atoms with E-state index in [1.165, 1.54) is 23.6 Å². The molecule has 1 aromatic rings. The molecule has 1 aliphatic heterocycles. The summed E-state index contributed by atoms with van der Waals surface area (Å²) in [5.41, 5.74) is 1.97. The summed E-state index contributed by atoms with van der Waals surface area (Å²) in [5.74, 6) is -1.12. The molecule has 1 heterocycles. The summed E-state index contributed by atoms with van der Waals surface area (Å²) < 4.78 is 26.8. The lowest BCUT2D eigenvalue weighted by Crippen LogP contribution is -2.41. The van der Waals surface area contributed by atoms with Gasteiger partial charge in [-0.05, 0) is 62.0 Å². The zero-order valence-electron chi connectivity index (χ0n) is 20.4. The summed E-state index contributed by atoms with van der Waals surface area (Å²) in [7, 11) is 1.49. The smallest absolute Gasteiger partial charge is 0.326 e. The molecule has 2 saturated carbocycles. The molecule has 186 valence electrons. The molecule has 0 radical (unpaired) electrons. The van der Waals surface area contributed by atoms with E-state index in [0.29, 0.717) is 18.3 Å². The third kappa shape index (κ3) is 4.99. The highest BCUT2D eigenvalue weighted by molar-refractivity contribution is 5.97. The maximum Gasteiger partial charge on any atom is 0.326 e. The fourth-order valence-electron chi connectivity index (χ4n) is 5.85. The van der Waals surface area contributed by atoms with Gasteiger partial charge in [-0.1, -0.05) is 26.0 Å². The fourth-order valence-corrected chi connectivity index (χ4v) is 5.85. The zero-order valence-corrected chi connectivity index (χ0v) is 20.4. The number of aliphatic carboxylic acids is 1. The number of rotatable bonds is 8. The van der Waals surface area contributed by atoms with Gasteiger partial charge in [0.05, 0.1) is 18.3 Å². The average molecular weight is 474 g/mol. The minimum atomic E-state index is -1.11. The molecule has 6 nitrogen and oxygen atoms in total. The van der Waals surface area contributed by atoms with Gasteiger partial charge in [-0.2, -0.15) is 0 Å². The van der Waals surface area contributed by atoms with Gasteiger partial charge in [-0.25, -0.2) is 9.18 Å². The second kappa shape index (κ2) is 9.68. The van der Waals surface area contributed by atoms with Crippen LogP contribution in [0.2, 0.25) is 0 Å². The summed E-state index contributed by atoms with van der Waals surface area (Å²) in [6.07, 6.45) is 5.71. The van der Waals surface area contributed by atoms with Gasteiger partial charge in [0.2, 0.25) is 0 Å². The van der Waals surface area contributed by atoms with Crippen molar-refractivity contribution < 1.29 is 28.6 Å². The predicted molar refractivity (Wildman–Crippen MR) is 127 cm³/mol. The second-order valence-corrected chi connectivity index (χ2v) is 10.6. The molecule has 1 N–H and O–H groups in total. The van der Waals surface area contributed by atoms with Gasteiger partial charge in [0.1, 0.15) is 17.6 Å². The third-order valence-electron chi connectivity index (χ3n) is 7.82. The number of benzene rings is 1. The molecule has 3 aliphatic rings. The van der Waals surface area contributed by atoms with Gasteiger partial charge in [0.25, 0.3) is 5.91 Å². The van der Waals surface area contributed by atoms with Crippen LogP contribution in [-0.2, 0) is 9.53 Å².